The van der Waals surface area contributed by atoms with E-state index in [1.165, 1.54) is 25.1 Å². The minimum absolute atomic E-state index is 0.107. The molecule has 0 aliphatic heterocycles. The zero-order valence-electron chi connectivity index (χ0n) is 53.6. The zero-order valence-corrected chi connectivity index (χ0v) is 55.9. The highest BCUT2D eigenvalue weighted by Crippen LogP contribution is 2.40. The molecule has 0 saturated heterocycles. The van der Waals surface area contributed by atoms with Crippen molar-refractivity contribution >= 4 is 105 Å². The predicted octanol–water partition coefficient (Wildman–Crippen LogP) is 17.6. The topological polar surface area (TPSA) is 246 Å². The van der Waals surface area contributed by atoms with Crippen molar-refractivity contribution in [2.24, 2.45) is 4.99 Å². The molecule has 8 N–H and O–H groups in total. The molecule has 3 atom stereocenters. The summed E-state index contributed by atoms with van der Waals surface area (Å²) in [4.78, 5) is 66.6. The molecule has 0 aromatic heterocycles. The zero-order chi connectivity index (χ0) is 70.8. The van der Waals surface area contributed by atoms with E-state index in [1.807, 2.05) is 89.3 Å². The molecule has 96 heavy (non-hydrogen) atoms. The van der Waals surface area contributed by atoms with E-state index in [9.17, 15) is 61.2 Å². The molecule has 8 rings (SSSR count). The van der Waals surface area contributed by atoms with Gasteiger partial charge < -0.3 is 56.1 Å². The van der Waals surface area contributed by atoms with Crippen molar-refractivity contribution in [3.8, 4) is 34.5 Å². The summed E-state index contributed by atoms with van der Waals surface area (Å²) in [6, 6.07) is 33.2. The lowest BCUT2D eigenvalue weighted by molar-refractivity contribution is -0.123. The van der Waals surface area contributed by atoms with Gasteiger partial charge in [0.05, 0.1) is 38.5 Å². The maximum atomic E-state index is 13.9. The van der Waals surface area contributed by atoms with Gasteiger partial charge in [-0.15, -0.1) is 0 Å². The Kier molecular flexibility index (Phi) is 27.0. The second-order valence-electron chi connectivity index (χ2n) is 21.9. The monoisotopic (exact) mass is 1380 g/mol. The molecule has 0 aliphatic carbocycles. The molecular weight excluding hydrogens is 1310 g/mol. The van der Waals surface area contributed by atoms with Gasteiger partial charge in [-0.1, -0.05) is 110 Å². The third kappa shape index (κ3) is 19.8. The van der Waals surface area contributed by atoms with Gasteiger partial charge in [-0.05, 0) is 169 Å². The molecule has 5 amide bonds. The first-order chi connectivity index (χ1) is 45.5. The van der Waals surface area contributed by atoms with Gasteiger partial charge in [0, 0.05) is 28.4 Å². The summed E-state index contributed by atoms with van der Waals surface area (Å²) in [5.74, 6) is -14.5. The number of carbonyl (C=O) groups is 5. The summed E-state index contributed by atoms with van der Waals surface area (Å²) in [6.45, 7) is 20.3. The van der Waals surface area contributed by atoms with Gasteiger partial charge in [0.2, 0.25) is 5.82 Å². The normalized spacial score (nSPS) is 11.6. The minimum atomic E-state index is -2.43. The summed E-state index contributed by atoms with van der Waals surface area (Å²) in [6.07, 6.45) is 1.01. The van der Waals surface area contributed by atoms with Crippen LogP contribution in [0.1, 0.15) is 107 Å². The number of unbranched alkanes of at least 4 members (excludes halogenated alkanes) is 1. The van der Waals surface area contributed by atoms with Crippen LogP contribution in [0.4, 0.5) is 56.1 Å². The van der Waals surface area contributed by atoms with E-state index in [4.69, 9.17) is 49.0 Å². The molecule has 0 spiro atoms. The highest BCUT2D eigenvalue weighted by molar-refractivity contribution is 6.38. The van der Waals surface area contributed by atoms with Crippen LogP contribution in [0, 0.1) is 63.7 Å². The van der Waals surface area contributed by atoms with Crippen LogP contribution in [0.25, 0.3) is 0 Å². The van der Waals surface area contributed by atoms with Crippen LogP contribution in [0.2, 0.25) is 15.1 Å². The number of aromatic hydroxyl groups is 3. The second kappa shape index (κ2) is 34.5. The van der Waals surface area contributed by atoms with Crippen molar-refractivity contribution in [2.45, 2.75) is 113 Å². The Balaban J connectivity index is 0.000000232. The number of aliphatic imine (C=N–C) groups is 1. The maximum Gasteiger partial charge on any atom is 0.265 e. The molecule has 0 aliphatic rings. The van der Waals surface area contributed by atoms with E-state index < -0.39 is 76.2 Å². The van der Waals surface area contributed by atoms with E-state index >= 15 is 0 Å². The number of anilines is 5. The lowest BCUT2D eigenvalue weighted by Crippen LogP contribution is -2.33. The third-order valence-electron chi connectivity index (χ3n) is 14.4. The molecular formula is C71H70Cl3F5N6O11. The van der Waals surface area contributed by atoms with E-state index in [2.05, 4.69) is 39.9 Å². The number of phenols is 3. The number of phenolic OH excluding ortho intramolecular Hbond substituents is 3. The highest BCUT2D eigenvalue weighted by atomic mass is 35.5. The molecule has 0 fully saturated rings. The number of hydrogen-bond acceptors (Lipinski definition) is 12. The summed E-state index contributed by atoms with van der Waals surface area (Å²) < 4.78 is 85.3. The fourth-order valence-corrected chi connectivity index (χ4v) is 10.1. The summed E-state index contributed by atoms with van der Waals surface area (Å²) in [5, 5.41) is 43.6. The van der Waals surface area contributed by atoms with E-state index in [0.717, 1.165) is 52.8 Å². The van der Waals surface area contributed by atoms with Crippen molar-refractivity contribution in [3.63, 3.8) is 0 Å². The van der Waals surface area contributed by atoms with Gasteiger partial charge in [-0.25, -0.2) is 22.0 Å². The van der Waals surface area contributed by atoms with Crippen LogP contribution in [0.15, 0.2) is 126 Å². The van der Waals surface area contributed by atoms with Crippen LogP contribution < -0.4 is 40.8 Å². The number of aryl methyl sites for hydroxylation is 5. The van der Waals surface area contributed by atoms with Gasteiger partial charge in [0.25, 0.3) is 29.5 Å². The average molecular weight is 1380 g/mol. The van der Waals surface area contributed by atoms with E-state index in [-0.39, 0.29) is 56.3 Å². The van der Waals surface area contributed by atoms with Gasteiger partial charge in [0.15, 0.2) is 47.3 Å². The lowest BCUT2D eigenvalue weighted by Gasteiger charge is -2.20. The fourth-order valence-electron chi connectivity index (χ4n) is 9.18. The Morgan fingerprint density at radius 1 is 0.542 bits per heavy atom. The molecule has 0 radical (unpaired) electrons. The van der Waals surface area contributed by atoms with Crippen LogP contribution >= 0.6 is 34.8 Å². The van der Waals surface area contributed by atoms with Crippen molar-refractivity contribution in [2.75, 3.05) is 26.6 Å². The highest BCUT2D eigenvalue weighted by Gasteiger charge is 2.31. The number of amides is 5. The van der Waals surface area contributed by atoms with Gasteiger partial charge >= 0.3 is 0 Å². The molecule has 3 unspecified atom stereocenters. The van der Waals surface area contributed by atoms with Crippen molar-refractivity contribution in [1.82, 2.24) is 0 Å². The van der Waals surface area contributed by atoms with Crippen molar-refractivity contribution in [1.29, 1.82) is 0 Å². The lowest BCUT2D eigenvalue weighted by atomic mass is 10.1. The van der Waals surface area contributed by atoms with Gasteiger partial charge in [-0.3, -0.25) is 29.0 Å². The summed E-state index contributed by atoms with van der Waals surface area (Å²) in [5.41, 5.74) is 5.07. The summed E-state index contributed by atoms with van der Waals surface area (Å²) in [7, 11) is 0. The van der Waals surface area contributed by atoms with Gasteiger partial charge in [0.1, 0.15) is 34.3 Å². The van der Waals surface area contributed by atoms with E-state index in [1.54, 1.807) is 55.5 Å². The number of benzene rings is 8. The third-order valence-corrected chi connectivity index (χ3v) is 15.5. The fraction of sp³-hybridized carbons (Fsp3) is 0.239. The number of halogens is 8. The molecule has 8 aromatic carbocycles. The molecule has 17 nitrogen and oxygen atoms in total. The summed E-state index contributed by atoms with van der Waals surface area (Å²) >= 11 is 18.4. The van der Waals surface area contributed by atoms with Crippen molar-refractivity contribution < 1.29 is 75.5 Å². The van der Waals surface area contributed by atoms with Crippen LogP contribution in [0.5, 0.6) is 34.5 Å². The molecule has 0 saturated carbocycles. The smallest absolute Gasteiger partial charge is 0.265 e. The molecule has 0 bridgehead atoms. The Bertz CT molecular complexity index is 4170. The minimum Gasteiger partial charge on any atom is -0.506 e. The molecule has 8 aromatic rings. The average Bonchev–Trinajstić information content (AvgIpc) is 0.784. The first kappa shape index (κ1) is 75.1. The SMILES string of the molecule is C=Nc1ccc(C(=O)Nc2ccc(NC(=O)C(CCCC)Oc3ccc(C)cc3C)cc2O)cc1.CCc1c(Cl)cc(NC(=O)C(CC)Oc2cccc(C)c2)c(O)c1Cl.Cc1ccc(OC(C)C(=O)Nc2cc(O)c(NC(=O)c3c(F)c(F)c(F)c(F)c3F)cc2Cl)c(C)c1. The Morgan fingerprint density at radius 2 is 1.09 bits per heavy atom. The first-order valence-electron chi connectivity index (χ1n) is 29.9. The largest absolute Gasteiger partial charge is 0.506 e. The number of ether oxygens (including phenoxy) is 3. The predicted molar refractivity (Wildman–Crippen MR) is 364 cm³/mol. The molecule has 506 valence electrons. The Labute approximate surface area is 566 Å². The van der Waals surface area contributed by atoms with E-state index in [0.29, 0.717) is 64.0 Å². The standard InChI is InChI=1S/C28H31N3O4.C24H18ClF5N2O4.C19H21Cl2NO3/c1-5-6-7-26(35-25-15-8-18(2)16-19(25)3)28(34)30-22-13-14-23(24(32)17-22)31-27(33)20-9-11-21(29-4)12-10-20;1-9-4-5-16(10(2)6-9)36-11(3)23(34)31-13-8-15(33)14(7-12(13)25)32-24(35)17-18(26)20(28)22(30)21(29)19(17)27;1-4-13-14(20)10-15(18(23)17(13)21)22-19(24)16(5-2)25-12-8-6-7-11(3)9-12/h8-17,26,32H,4-7H2,1-3H3,(H,30,34)(H,31,33);4-8,11,33H,1-3H3,(H,31,34)(H,32,35);6-10,16,23H,4-5H2,1-3H3,(H,22,24). The molecule has 0 heterocycles. The number of carbonyl (C=O) groups excluding carboxylic acids is 5. The Hall–Kier alpha value is -9.90. The second-order valence-corrected chi connectivity index (χ2v) is 23.1. The van der Waals surface area contributed by atoms with Gasteiger partial charge in [-0.2, -0.15) is 0 Å². The van der Waals surface area contributed by atoms with Crippen LogP contribution in [-0.4, -0.2) is 69.9 Å². The quantitative estimate of drug-likeness (QED) is 0.0104. The number of hydrogen-bond donors (Lipinski definition) is 8. The number of nitrogens with zero attached hydrogens (tertiary/aromatic N) is 1. The number of nitrogens with one attached hydrogen (secondary N) is 5. The number of rotatable bonds is 22. The molecule has 25 heteroatoms. The Morgan fingerprint density at radius 3 is 1.66 bits per heavy atom. The van der Waals surface area contributed by atoms with Crippen molar-refractivity contribution in [3.05, 3.63) is 210 Å². The van der Waals surface area contributed by atoms with Crippen LogP contribution in [0.3, 0.4) is 0 Å². The first-order valence-corrected chi connectivity index (χ1v) is 31.0. The van der Waals surface area contributed by atoms with Crippen LogP contribution in [-0.2, 0) is 20.8 Å². The maximum absolute atomic E-state index is 13.9.